The average molecular weight is 383 g/mol. The Morgan fingerprint density at radius 2 is 1.89 bits per heavy atom. The van der Waals surface area contributed by atoms with Gasteiger partial charge in [-0.3, -0.25) is 0 Å². The van der Waals surface area contributed by atoms with Crippen molar-refractivity contribution in [1.29, 1.82) is 0 Å². The Bertz CT molecular complexity index is 794. The van der Waals surface area contributed by atoms with Crippen LogP contribution in [0.4, 0.5) is 0 Å². The molecule has 152 valence electrons. The lowest BCUT2D eigenvalue weighted by Crippen LogP contribution is -2.52. The van der Waals surface area contributed by atoms with E-state index in [2.05, 4.69) is 19.6 Å². The summed E-state index contributed by atoms with van der Waals surface area (Å²) >= 11 is 0. The second kappa shape index (κ2) is 4.98. The van der Waals surface area contributed by atoms with Crippen molar-refractivity contribution in [2.45, 2.75) is 94.5 Å². The fourth-order valence-corrected chi connectivity index (χ4v) is 9.47. The number of hydrogen-bond acceptors (Lipinski definition) is 3. The zero-order valence-corrected chi connectivity index (χ0v) is 17.4. The molecule has 2 unspecified atom stereocenters. The van der Waals surface area contributed by atoms with E-state index in [1.807, 2.05) is 0 Å². The molecule has 0 aromatic carbocycles. The highest BCUT2D eigenvalue weighted by Crippen LogP contribution is 2.76. The molecule has 6 atom stereocenters. The molecule has 3 nitrogen and oxygen atoms in total. The van der Waals surface area contributed by atoms with Gasteiger partial charge in [0.2, 0.25) is 0 Å². The SMILES string of the molecule is C=C1CCC[C@]12CCC1C3CC[C@@]45CC6(CC[C@@]4(O5)C3=CC[C@@]12C)OCCO6. The Balaban J connectivity index is 1.25. The third-order valence-corrected chi connectivity index (χ3v) is 10.8. The van der Waals surface area contributed by atoms with Crippen LogP contribution >= 0.6 is 0 Å². The van der Waals surface area contributed by atoms with Crippen LogP contribution < -0.4 is 0 Å². The molecule has 2 heterocycles. The quantitative estimate of drug-likeness (QED) is 0.420. The first-order valence-electron chi connectivity index (χ1n) is 11.9. The van der Waals surface area contributed by atoms with Crippen molar-refractivity contribution >= 4 is 0 Å². The molecule has 2 saturated heterocycles. The van der Waals surface area contributed by atoms with Crippen LogP contribution in [0, 0.1) is 22.7 Å². The first-order valence-corrected chi connectivity index (χ1v) is 11.9. The van der Waals surface area contributed by atoms with E-state index in [4.69, 9.17) is 14.2 Å². The Labute approximate surface area is 168 Å². The Morgan fingerprint density at radius 1 is 1.04 bits per heavy atom. The van der Waals surface area contributed by atoms with E-state index < -0.39 is 0 Å². The molecule has 2 spiro atoms. The lowest BCUT2D eigenvalue weighted by molar-refractivity contribution is -0.185. The van der Waals surface area contributed by atoms with Crippen molar-refractivity contribution in [2.75, 3.05) is 13.2 Å². The van der Waals surface area contributed by atoms with Gasteiger partial charge in [0, 0.05) is 12.8 Å². The van der Waals surface area contributed by atoms with E-state index in [1.165, 1.54) is 51.4 Å². The smallest absolute Gasteiger partial charge is 0.171 e. The van der Waals surface area contributed by atoms with Crippen molar-refractivity contribution < 1.29 is 14.2 Å². The van der Waals surface area contributed by atoms with Crippen molar-refractivity contribution in [3.05, 3.63) is 23.8 Å². The molecule has 0 bridgehead atoms. The number of hydrogen-bond donors (Lipinski definition) is 0. The minimum Gasteiger partial charge on any atom is -0.358 e. The molecule has 0 N–H and O–H groups in total. The molecule has 0 aromatic rings. The first kappa shape index (κ1) is 17.1. The van der Waals surface area contributed by atoms with Gasteiger partial charge in [-0.15, -0.1) is 0 Å². The zero-order valence-electron chi connectivity index (χ0n) is 17.4. The van der Waals surface area contributed by atoms with Gasteiger partial charge in [0.1, 0.15) is 11.2 Å². The van der Waals surface area contributed by atoms with E-state index in [0.717, 1.165) is 44.3 Å². The second-order valence-electron chi connectivity index (χ2n) is 11.3. The van der Waals surface area contributed by atoms with Gasteiger partial charge in [0.15, 0.2) is 5.79 Å². The fourth-order valence-electron chi connectivity index (χ4n) is 9.47. The predicted molar refractivity (Wildman–Crippen MR) is 107 cm³/mol. The van der Waals surface area contributed by atoms with Gasteiger partial charge in [-0.2, -0.15) is 0 Å². The molecular formula is C25H34O3. The van der Waals surface area contributed by atoms with E-state index in [-0.39, 0.29) is 17.0 Å². The summed E-state index contributed by atoms with van der Waals surface area (Å²) in [5, 5.41) is 0. The van der Waals surface area contributed by atoms with Gasteiger partial charge in [0.05, 0.1) is 13.2 Å². The van der Waals surface area contributed by atoms with Gasteiger partial charge in [0.25, 0.3) is 0 Å². The summed E-state index contributed by atoms with van der Waals surface area (Å²) in [7, 11) is 0. The predicted octanol–water partition coefficient (Wildman–Crippen LogP) is 5.30. The number of epoxide rings is 1. The average Bonchev–Trinajstić information content (AvgIpc) is 2.95. The number of fused-ring (bicyclic) bond motifs is 4. The summed E-state index contributed by atoms with van der Waals surface area (Å²) in [5.74, 6) is 1.23. The first-order chi connectivity index (χ1) is 13.5. The Hall–Kier alpha value is -0.640. The van der Waals surface area contributed by atoms with Gasteiger partial charge in [-0.05, 0) is 86.0 Å². The maximum absolute atomic E-state index is 6.74. The van der Waals surface area contributed by atoms with Crippen LogP contribution in [0.3, 0.4) is 0 Å². The van der Waals surface area contributed by atoms with Crippen molar-refractivity contribution in [3.8, 4) is 0 Å². The van der Waals surface area contributed by atoms with Crippen LogP contribution in [0.15, 0.2) is 23.8 Å². The molecule has 0 amide bonds. The van der Waals surface area contributed by atoms with Crippen LogP contribution in [-0.4, -0.2) is 30.2 Å². The van der Waals surface area contributed by atoms with Gasteiger partial charge in [-0.1, -0.05) is 25.2 Å². The summed E-state index contributed by atoms with van der Waals surface area (Å²) in [6.07, 6.45) is 16.2. The van der Waals surface area contributed by atoms with Crippen LogP contribution in [0.25, 0.3) is 0 Å². The number of ether oxygens (including phenoxy) is 3. The molecule has 7 aliphatic rings. The molecule has 2 aliphatic heterocycles. The van der Waals surface area contributed by atoms with Crippen LogP contribution in [-0.2, 0) is 14.2 Å². The zero-order chi connectivity index (χ0) is 18.8. The summed E-state index contributed by atoms with van der Waals surface area (Å²) in [6.45, 7) is 8.71. The van der Waals surface area contributed by atoms with E-state index in [0.29, 0.717) is 10.8 Å². The molecule has 0 aromatic heterocycles. The normalized spacial score (nSPS) is 55.6. The summed E-state index contributed by atoms with van der Waals surface area (Å²) in [6, 6.07) is 0. The van der Waals surface area contributed by atoms with Crippen molar-refractivity contribution in [2.24, 2.45) is 22.7 Å². The topological polar surface area (TPSA) is 31.0 Å². The molecule has 0 radical (unpaired) electrons. The lowest BCUT2D eigenvalue weighted by Gasteiger charge is -2.53. The Morgan fingerprint density at radius 3 is 2.68 bits per heavy atom. The van der Waals surface area contributed by atoms with Gasteiger partial charge < -0.3 is 14.2 Å². The number of allylic oxidation sites excluding steroid dienone is 2. The third-order valence-electron chi connectivity index (χ3n) is 10.8. The van der Waals surface area contributed by atoms with Crippen LogP contribution in [0.5, 0.6) is 0 Å². The highest BCUT2D eigenvalue weighted by molar-refractivity contribution is 5.44. The Kier molecular flexibility index (Phi) is 3.04. The molecule has 4 saturated carbocycles. The number of rotatable bonds is 0. The minimum atomic E-state index is -0.338. The van der Waals surface area contributed by atoms with Crippen molar-refractivity contribution in [3.63, 3.8) is 0 Å². The van der Waals surface area contributed by atoms with Crippen molar-refractivity contribution in [1.82, 2.24) is 0 Å². The highest BCUT2D eigenvalue weighted by atomic mass is 16.7. The van der Waals surface area contributed by atoms with Crippen LogP contribution in [0.1, 0.15) is 77.6 Å². The van der Waals surface area contributed by atoms with E-state index in [1.54, 1.807) is 11.1 Å². The molecular weight excluding hydrogens is 348 g/mol. The summed E-state index contributed by atoms with van der Waals surface area (Å²) in [4.78, 5) is 0. The fraction of sp³-hybridized carbons (Fsp3) is 0.840. The van der Waals surface area contributed by atoms with Gasteiger partial charge in [-0.25, -0.2) is 0 Å². The highest BCUT2D eigenvalue weighted by Gasteiger charge is 2.79. The maximum Gasteiger partial charge on any atom is 0.171 e. The minimum absolute atomic E-state index is 0.0128. The molecule has 28 heavy (non-hydrogen) atoms. The lowest BCUT2D eigenvalue weighted by atomic mass is 9.50. The molecule has 7 rings (SSSR count). The third kappa shape index (κ3) is 1.69. The van der Waals surface area contributed by atoms with Crippen LogP contribution in [0.2, 0.25) is 0 Å². The standard InChI is InChI=1S/C25H34O3/c1-17-4-3-8-22(17)10-7-19-18-5-11-23-16-24(26-14-15-27-24)12-13-25(23,28-23)20(18)6-9-21(19,22)2/h6,18-19H,1,3-5,7-16H2,2H3/t18?,19?,21-,22-,23+,25+/m0/s1. The largest absolute Gasteiger partial charge is 0.358 e. The molecule has 3 heteroatoms. The summed E-state index contributed by atoms with van der Waals surface area (Å²) < 4.78 is 18.9. The van der Waals surface area contributed by atoms with E-state index >= 15 is 0 Å². The molecule has 6 fully saturated rings. The summed E-state index contributed by atoms with van der Waals surface area (Å²) in [5.41, 5.74) is 4.16. The second-order valence-corrected chi connectivity index (χ2v) is 11.3. The van der Waals surface area contributed by atoms with Gasteiger partial charge >= 0.3 is 0 Å². The monoisotopic (exact) mass is 382 g/mol. The van der Waals surface area contributed by atoms with E-state index in [9.17, 15) is 0 Å². The maximum atomic E-state index is 6.74. The molecule has 5 aliphatic carbocycles.